The summed E-state index contributed by atoms with van der Waals surface area (Å²) in [5, 5.41) is 0. The minimum absolute atomic E-state index is 0.322. The summed E-state index contributed by atoms with van der Waals surface area (Å²) >= 11 is 2.04. The molecule has 0 aromatic carbocycles. The Hall–Kier alpha value is -0.590. The predicted octanol–water partition coefficient (Wildman–Crippen LogP) is 0.672. The van der Waals surface area contributed by atoms with Gasteiger partial charge < -0.3 is 10.5 Å². The molecule has 0 amide bonds. The fourth-order valence-corrected chi connectivity index (χ4v) is 0.870. The fourth-order valence-electron chi connectivity index (χ4n) is 0.511. The Bertz CT molecular complexity index is 240. The first-order valence-corrected chi connectivity index (χ1v) is 3.64. The van der Waals surface area contributed by atoms with Gasteiger partial charge in [-0.1, -0.05) is 0 Å². The van der Waals surface area contributed by atoms with Gasteiger partial charge in [-0.05, 0) is 22.6 Å². The maximum absolute atomic E-state index is 5.40. The summed E-state index contributed by atoms with van der Waals surface area (Å²) in [7, 11) is 1.51. The second-order valence-corrected chi connectivity index (χ2v) is 2.69. The molecule has 1 aromatic heterocycles. The van der Waals surface area contributed by atoms with Gasteiger partial charge in [0.25, 0.3) is 5.88 Å². The van der Waals surface area contributed by atoms with Gasteiger partial charge in [-0.15, -0.1) is 0 Å². The molecule has 0 unspecified atom stereocenters. The normalized spacial score (nSPS) is 9.40. The molecule has 0 aliphatic rings. The van der Waals surface area contributed by atoms with Crippen molar-refractivity contribution < 1.29 is 4.74 Å². The highest BCUT2D eigenvalue weighted by molar-refractivity contribution is 14.1. The molecule has 0 spiro atoms. The van der Waals surface area contributed by atoms with Crippen LogP contribution in [0.1, 0.15) is 0 Å². The van der Waals surface area contributed by atoms with Crippen LogP contribution in [0, 0.1) is 3.70 Å². The van der Waals surface area contributed by atoms with Crippen molar-refractivity contribution in [3.8, 4) is 5.88 Å². The lowest BCUT2D eigenvalue weighted by atomic mass is 10.6. The van der Waals surface area contributed by atoms with Crippen molar-refractivity contribution in [3.63, 3.8) is 0 Å². The summed E-state index contributed by atoms with van der Waals surface area (Å²) in [6.45, 7) is 0. The topological polar surface area (TPSA) is 61.0 Å². The molecule has 54 valence electrons. The van der Waals surface area contributed by atoms with E-state index in [0.717, 1.165) is 3.70 Å². The second kappa shape index (κ2) is 3.00. The van der Waals surface area contributed by atoms with Gasteiger partial charge in [0, 0.05) is 0 Å². The van der Waals surface area contributed by atoms with Gasteiger partial charge in [0.2, 0.25) is 0 Å². The van der Waals surface area contributed by atoms with E-state index >= 15 is 0 Å². The Kier molecular flexibility index (Phi) is 2.25. The summed E-state index contributed by atoms with van der Waals surface area (Å²) in [6, 6.07) is 0. The van der Waals surface area contributed by atoms with Crippen LogP contribution in [0.4, 0.5) is 5.82 Å². The number of nitrogens with zero attached hydrogens (tertiary/aromatic N) is 2. The molecule has 1 rings (SSSR count). The Balaban J connectivity index is 3.09. The van der Waals surface area contributed by atoms with Crippen LogP contribution in [0.25, 0.3) is 0 Å². The summed E-state index contributed by atoms with van der Waals surface area (Å²) < 4.78 is 5.59. The highest BCUT2D eigenvalue weighted by Crippen LogP contribution is 2.14. The average molecular weight is 251 g/mol. The molecule has 0 aliphatic heterocycles. The molecule has 1 aromatic rings. The highest BCUT2D eigenvalue weighted by atomic mass is 127. The molecule has 0 aliphatic carbocycles. The van der Waals surface area contributed by atoms with Crippen LogP contribution in [0.3, 0.4) is 0 Å². The molecule has 5 heteroatoms. The minimum Gasteiger partial charge on any atom is -0.478 e. The zero-order valence-electron chi connectivity index (χ0n) is 5.34. The quantitative estimate of drug-likeness (QED) is 0.745. The standard InChI is InChI=1S/C5H6IN3O/c1-10-5-4(7)8-2-3(6)9-5/h2H,1H3,(H2,7,8). The number of anilines is 1. The molecule has 2 N–H and O–H groups in total. The molecular weight excluding hydrogens is 245 g/mol. The van der Waals surface area contributed by atoms with E-state index in [1.165, 1.54) is 7.11 Å². The van der Waals surface area contributed by atoms with Crippen molar-refractivity contribution in [1.29, 1.82) is 0 Å². The molecular formula is C5H6IN3O. The molecule has 0 bridgehead atoms. The summed E-state index contributed by atoms with van der Waals surface area (Å²) in [5.74, 6) is 0.704. The van der Waals surface area contributed by atoms with Crippen LogP contribution < -0.4 is 10.5 Å². The van der Waals surface area contributed by atoms with Crippen LogP contribution in [-0.4, -0.2) is 17.1 Å². The van der Waals surface area contributed by atoms with Crippen LogP contribution >= 0.6 is 22.6 Å². The maximum atomic E-state index is 5.40. The average Bonchev–Trinajstić information content (AvgIpc) is 1.94. The van der Waals surface area contributed by atoms with Crippen LogP contribution in [-0.2, 0) is 0 Å². The first-order chi connectivity index (χ1) is 4.74. The minimum atomic E-state index is 0.322. The fraction of sp³-hybridized carbons (Fsp3) is 0.200. The number of nitrogen functional groups attached to an aromatic ring is 1. The molecule has 0 fully saturated rings. The smallest absolute Gasteiger partial charge is 0.257 e. The Morgan fingerprint density at radius 1 is 1.70 bits per heavy atom. The number of aromatic nitrogens is 2. The number of nitrogens with two attached hydrogens (primary N) is 1. The summed E-state index contributed by atoms with van der Waals surface area (Å²) in [5.41, 5.74) is 5.40. The van der Waals surface area contributed by atoms with Crippen molar-refractivity contribution in [2.24, 2.45) is 0 Å². The lowest BCUT2D eigenvalue weighted by molar-refractivity contribution is 0.397. The lowest BCUT2D eigenvalue weighted by Crippen LogP contribution is -1.98. The third-order valence-corrected chi connectivity index (χ3v) is 1.45. The van der Waals surface area contributed by atoms with Crippen LogP contribution in [0.2, 0.25) is 0 Å². The molecule has 1 heterocycles. The van der Waals surface area contributed by atoms with Gasteiger partial charge in [0.05, 0.1) is 13.3 Å². The first-order valence-electron chi connectivity index (χ1n) is 2.56. The van der Waals surface area contributed by atoms with Crippen molar-refractivity contribution in [2.45, 2.75) is 0 Å². The largest absolute Gasteiger partial charge is 0.478 e. The van der Waals surface area contributed by atoms with E-state index < -0.39 is 0 Å². The number of ether oxygens (including phenoxy) is 1. The van der Waals surface area contributed by atoms with E-state index in [9.17, 15) is 0 Å². The highest BCUT2D eigenvalue weighted by Gasteiger charge is 2.00. The summed E-state index contributed by atoms with van der Waals surface area (Å²) in [4.78, 5) is 7.80. The van der Waals surface area contributed by atoms with Gasteiger partial charge in [-0.25, -0.2) is 9.97 Å². The van der Waals surface area contributed by atoms with Gasteiger partial charge in [-0.3, -0.25) is 0 Å². The third-order valence-electron chi connectivity index (χ3n) is 0.931. The van der Waals surface area contributed by atoms with Gasteiger partial charge in [-0.2, -0.15) is 0 Å². The third kappa shape index (κ3) is 1.47. The molecule has 0 radical (unpaired) electrons. The number of hydrogen-bond acceptors (Lipinski definition) is 4. The molecule has 10 heavy (non-hydrogen) atoms. The predicted molar refractivity (Wildman–Crippen MR) is 45.7 cm³/mol. The SMILES string of the molecule is COc1nc(I)cnc1N. The number of hydrogen-bond donors (Lipinski definition) is 1. The second-order valence-electron chi connectivity index (χ2n) is 1.59. The molecule has 0 saturated carbocycles. The van der Waals surface area contributed by atoms with E-state index in [0.29, 0.717) is 11.7 Å². The maximum Gasteiger partial charge on any atom is 0.257 e. The van der Waals surface area contributed by atoms with E-state index in [2.05, 4.69) is 9.97 Å². The Labute approximate surface area is 72.0 Å². The number of rotatable bonds is 1. The lowest BCUT2D eigenvalue weighted by Gasteiger charge is -2.00. The van der Waals surface area contributed by atoms with Gasteiger partial charge in [0.15, 0.2) is 5.82 Å². The van der Waals surface area contributed by atoms with Gasteiger partial charge >= 0.3 is 0 Å². The van der Waals surface area contributed by atoms with E-state index in [4.69, 9.17) is 10.5 Å². The monoisotopic (exact) mass is 251 g/mol. The van der Waals surface area contributed by atoms with E-state index in [1.807, 2.05) is 22.6 Å². The zero-order chi connectivity index (χ0) is 7.56. The Morgan fingerprint density at radius 3 is 2.90 bits per heavy atom. The van der Waals surface area contributed by atoms with Crippen LogP contribution in [0.15, 0.2) is 6.20 Å². The zero-order valence-corrected chi connectivity index (χ0v) is 7.49. The van der Waals surface area contributed by atoms with Crippen molar-refractivity contribution >= 4 is 28.4 Å². The summed E-state index contributed by atoms with van der Waals surface area (Å²) in [6.07, 6.45) is 1.58. The van der Waals surface area contributed by atoms with Crippen LogP contribution in [0.5, 0.6) is 5.88 Å². The number of methoxy groups -OCH3 is 1. The van der Waals surface area contributed by atoms with Crippen molar-refractivity contribution in [2.75, 3.05) is 12.8 Å². The molecule has 0 atom stereocenters. The number of halogens is 1. The van der Waals surface area contributed by atoms with E-state index in [1.54, 1.807) is 6.20 Å². The van der Waals surface area contributed by atoms with Crippen molar-refractivity contribution in [3.05, 3.63) is 9.90 Å². The van der Waals surface area contributed by atoms with Crippen molar-refractivity contribution in [1.82, 2.24) is 9.97 Å². The van der Waals surface area contributed by atoms with Gasteiger partial charge in [0.1, 0.15) is 3.70 Å². The Morgan fingerprint density at radius 2 is 2.40 bits per heavy atom. The first kappa shape index (κ1) is 7.52. The molecule has 4 nitrogen and oxygen atoms in total. The molecule has 0 saturated heterocycles. The van der Waals surface area contributed by atoms with E-state index in [-0.39, 0.29) is 0 Å².